The van der Waals surface area contributed by atoms with Crippen molar-refractivity contribution in [1.29, 1.82) is 0 Å². The van der Waals surface area contributed by atoms with E-state index in [0.717, 1.165) is 0 Å². The van der Waals surface area contributed by atoms with Crippen molar-refractivity contribution in [3.8, 4) is 0 Å². The first-order valence-electron chi connectivity index (χ1n) is 1.07. The van der Waals surface area contributed by atoms with Gasteiger partial charge >= 0.3 is 0 Å². The van der Waals surface area contributed by atoms with Crippen LogP contribution < -0.4 is 0 Å². The van der Waals surface area contributed by atoms with Gasteiger partial charge in [0.1, 0.15) is 0 Å². The van der Waals surface area contributed by atoms with E-state index < -0.39 is 0.564 Å². The molecule has 0 saturated heterocycles. The van der Waals surface area contributed by atoms with Crippen molar-refractivity contribution in [3.63, 3.8) is 0 Å². The molecular weight excluding hydrogens is 421 g/mol. The summed E-state index contributed by atoms with van der Waals surface area (Å²) < 4.78 is -0.701. The molecule has 0 nitrogen and oxygen atoms in total. The van der Waals surface area contributed by atoms with E-state index in [0.29, 0.717) is 0 Å². The van der Waals surface area contributed by atoms with E-state index in [1.165, 1.54) is 0 Å². The van der Waals surface area contributed by atoms with Crippen molar-refractivity contribution in [2.75, 3.05) is 0 Å². The van der Waals surface area contributed by atoms with Gasteiger partial charge in [0.25, 0.3) is 0.564 Å². The van der Waals surface area contributed by atoms with Gasteiger partial charge < -0.3 is 0 Å². The molecule has 0 amide bonds. The molecule has 0 aromatic rings. The van der Waals surface area contributed by atoms with Crippen LogP contribution in [-0.2, 0) is 0 Å². The van der Waals surface area contributed by atoms with E-state index in [4.69, 9.17) is 0 Å². The third-order valence-electron chi connectivity index (χ3n) is 0. The Morgan fingerprint density at radius 1 is 1.20 bits per heavy atom. The largest absolute Gasteiger partial charge is 0.250 e. The Morgan fingerprint density at radius 3 is 1.20 bits per heavy atom. The smallest absolute Gasteiger partial charge is 0.0912 e. The lowest BCUT2D eigenvalue weighted by Gasteiger charge is -1.92. The molecule has 0 fully saturated rings. The van der Waals surface area contributed by atoms with Gasteiger partial charge in [0.05, 0.1) is 0 Å². The molecule has 0 bridgehead atoms. The quantitative estimate of drug-likeness (QED) is 0.319. The van der Waals surface area contributed by atoms with Gasteiger partial charge in [-0.1, -0.05) is 65.4 Å². The summed E-state index contributed by atoms with van der Waals surface area (Å²) in [4.78, 5) is 0. The van der Waals surface area contributed by atoms with E-state index in [1.54, 1.807) is 0 Å². The number of halogens is 3. The molecule has 32 valence electrons. The van der Waals surface area contributed by atoms with Crippen LogP contribution in [0.4, 0.5) is 0 Å². The fraction of sp³-hybridized carbons (Fsp3) is 1.00. The Morgan fingerprint density at radius 2 is 1.20 bits per heavy atom. The average molecular weight is 424 g/mol. The van der Waals surface area contributed by atoms with Crippen molar-refractivity contribution >= 4 is 66.0 Å². The third kappa shape index (κ3) is 21.5. The molecular formula is CH3I3Si. The van der Waals surface area contributed by atoms with Crippen LogP contribution in [0.5, 0.6) is 0 Å². The zero-order valence-electron chi connectivity index (χ0n) is 2.63. The standard InChI is InChI=1S/CH3I3Si/c1-5(2,3)4/h1H3. The van der Waals surface area contributed by atoms with Crippen molar-refractivity contribution in [2.45, 2.75) is 6.55 Å². The van der Waals surface area contributed by atoms with Crippen molar-refractivity contribution in [1.82, 2.24) is 0 Å². The first kappa shape index (κ1) is 7.41. The maximum atomic E-state index is 2.49. The predicted molar refractivity (Wildman–Crippen MR) is 53.7 cm³/mol. The maximum Gasteiger partial charge on any atom is 0.250 e. The molecule has 0 saturated carbocycles. The topological polar surface area (TPSA) is 0 Å². The summed E-state index contributed by atoms with van der Waals surface area (Å²) in [6.45, 7) is 2.29. The lowest BCUT2D eigenvalue weighted by atomic mass is 11.9. The SMILES string of the molecule is C[Si](I)(I)I. The zero-order valence-corrected chi connectivity index (χ0v) is 10.1. The van der Waals surface area contributed by atoms with Gasteiger partial charge in [0.15, 0.2) is 0 Å². The van der Waals surface area contributed by atoms with Gasteiger partial charge in [-0.05, 0) is 6.55 Å². The summed E-state index contributed by atoms with van der Waals surface area (Å²) in [5, 5.41) is 0. The summed E-state index contributed by atoms with van der Waals surface area (Å²) in [6, 6.07) is 0. The van der Waals surface area contributed by atoms with Crippen LogP contribution >= 0.6 is 65.4 Å². The minimum Gasteiger partial charge on any atom is -0.0912 e. The summed E-state index contributed by atoms with van der Waals surface area (Å²) in [5.74, 6) is 0. The molecule has 0 rings (SSSR count). The van der Waals surface area contributed by atoms with E-state index in [9.17, 15) is 0 Å². The summed E-state index contributed by atoms with van der Waals surface area (Å²) in [6.07, 6.45) is 0. The zero-order chi connectivity index (χ0) is 4.50. The minimum absolute atomic E-state index is 0.701. The van der Waals surface area contributed by atoms with Crippen LogP contribution in [0.3, 0.4) is 0 Å². The van der Waals surface area contributed by atoms with Crippen LogP contribution in [0, 0.1) is 0 Å². The van der Waals surface area contributed by atoms with Crippen LogP contribution in [0.15, 0.2) is 0 Å². The normalized spacial score (nSPS) is 12.0. The van der Waals surface area contributed by atoms with E-state index in [-0.39, 0.29) is 0 Å². The highest BCUT2D eigenvalue weighted by Gasteiger charge is 2.09. The van der Waals surface area contributed by atoms with E-state index in [2.05, 4.69) is 71.9 Å². The van der Waals surface area contributed by atoms with Gasteiger partial charge in [0.2, 0.25) is 0 Å². The first-order valence-corrected chi connectivity index (χ1v) is 12.9. The second kappa shape index (κ2) is 2.65. The summed E-state index contributed by atoms with van der Waals surface area (Å²) >= 11 is 7.47. The molecule has 0 atom stereocenters. The van der Waals surface area contributed by atoms with Crippen molar-refractivity contribution in [2.24, 2.45) is 0 Å². The number of hydrogen-bond acceptors (Lipinski definition) is 0. The number of rotatable bonds is 0. The molecule has 4 heteroatoms. The molecule has 0 aromatic heterocycles. The fourth-order valence-corrected chi connectivity index (χ4v) is 0. The molecule has 0 aliphatic heterocycles. The molecule has 0 aliphatic carbocycles. The average Bonchev–Trinajstić information content (AvgIpc) is 0.722. The maximum absolute atomic E-state index is 2.49. The lowest BCUT2D eigenvalue weighted by molar-refractivity contribution is 2.37. The van der Waals surface area contributed by atoms with Crippen LogP contribution in [0.1, 0.15) is 0 Å². The Hall–Kier alpha value is 2.41. The van der Waals surface area contributed by atoms with E-state index >= 15 is 0 Å². The third-order valence-corrected chi connectivity index (χ3v) is 0. The molecule has 0 N–H and O–H groups in total. The fourth-order valence-electron chi connectivity index (χ4n) is 0. The van der Waals surface area contributed by atoms with Gasteiger partial charge in [-0.2, -0.15) is 0 Å². The second-order valence-corrected chi connectivity index (χ2v) is 40.3. The second-order valence-electron chi connectivity index (χ2n) is 0.781. The van der Waals surface area contributed by atoms with Gasteiger partial charge in [-0.3, -0.25) is 0 Å². The molecule has 0 heterocycles. The van der Waals surface area contributed by atoms with Crippen molar-refractivity contribution in [3.05, 3.63) is 0 Å². The Bertz CT molecular complexity index is 22.4. The minimum atomic E-state index is -0.701. The first-order chi connectivity index (χ1) is 2.00. The van der Waals surface area contributed by atoms with Crippen LogP contribution in [0.25, 0.3) is 0 Å². The molecule has 0 aliphatic rings. The molecule has 0 radical (unpaired) electrons. The van der Waals surface area contributed by atoms with Gasteiger partial charge in [-0.15, -0.1) is 0 Å². The molecule has 0 spiro atoms. The van der Waals surface area contributed by atoms with Gasteiger partial charge in [-0.25, -0.2) is 0 Å². The Labute approximate surface area is 71.1 Å². The van der Waals surface area contributed by atoms with Gasteiger partial charge in [0, 0.05) is 0 Å². The number of hydrogen-bond donors (Lipinski definition) is 0. The molecule has 0 unspecified atom stereocenters. The Balaban J connectivity index is 3.02. The highest BCUT2D eigenvalue weighted by Crippen LogP contribution is 2.27. The van der Waals surface area contributed by atoms with Crippen LogP contribution in [-0.4, -0.2) is 0.564 Å². The predicted octanol–water partition coefficient (Wildman–Crippen LogP) is 2.86. The molecule has 0 aromatic carbocycles. The lowest BCUT2D eigenvalue weighted by Crippen LogP contribution is -1.92. The Kier molecular flexibility index (Phi) is 3.93. The highest BCUT2D eigenvalue weighted by atomic mass is 127. The van der Waals surface area contributed by atoms with E-state index in [1.807, 2.05) is 0 Å². The van der Waals surface area contributed by atoms with Crippen molar-refractivity contribution < 1.29 is 0 Å². The summed E-state index contributed by atoms with van der Waals surface area (Å²) in [7, 11) is 0. The summed E-state index contributed by atoms with van der Waals surface area (Å²) in [5.41, 5.74) is 0. The van der Waals surface area contributed by atoms with Crippen LogP contribution in [0.2, 0.25) is 6.55 Å². The monoisotopic (exact) mass is 424 g/mol. The highest BCUT2D eigenvalue weighted by molar-refractivity contribution is 14.4. The molecule has 5 heavy (non-hydrogen) atoms.